The van der Waals surface area contributed by atoms with Gasteiger partial charge in [0.15, 0.2) is 5.78 Å². The zero-order chi connectivity index (χ0) is 25.4. The van der Waals surface area contributed by atoms with Crippen molar-refractivity contribution in [3.8, 4) is 0 Å². The Morgan fingerprint density at radius 2 is 1.97 bits per heavy atom. The van der Waals surface area contributed by atoms with E-state index >= 15 is 0 Å². The Bertz CT molecular complexity index is 1430. The molecule has 1 fully saturated rings. The van der Waals surface area contributed by atoms with Gasteiger partial charge in [0, 0.05) is 48.5 Å². The molecule has 1 saturated heterocycles. The Morgan fingerprint density at radius 1 is 1.19 bits per heavy atom. The number of hydrogen-bond acceptors (Lipinski definition) is 5. The molecule has 1 aliphatic heterocycles. The molecule has 0 aliphatic carbocycles. The van der Waals surface area contributed by atoms with Gasteiger partial charge in [-0.25, -0.2) is 14.4 Å². The molecule has 4 aromatic rings. The van der Waals surface area contributed by atoms with Crippen molar-refractivity contribution in [3.05, 3.63) is 81.8 Å². The highest BCUT2D eigenvalue weighted by atomic mass is 35.5. The number of fused-ring (bicyclic) bond motifs is 1. The van der Waals surface area contributed by atoms with Gasteiger partial charge in [-0.3, -0.25) is 4.79 Å². The van der Waals surface area contributed by atoms with Crippen LogP contribution < -0.4 is 4.90 Å². The minimum Gasteiger partial charge on any atom is -0.353 e. The highest BCUT2D eigenvalue weighted by Gasteiger charge is 2.33. The van der Waals surface area contributed by atoms with E-state index in [1.54, 1.807) is 11.8 Å². The molecule has 0 N–H and O–H groups in total. The first kappa shape index (κ1) is 25.1. The minimum atomic E-state index is -0.466. The summed E-state index contributed by atoms with van der Waals surface area (Å²) < 4.78 is 15.3. The highest BCUT2D eigenvalue weighted by molar-refractivity contribution is 7.98. The summed E-state index contributed by atoms with van der Waals surface area (Å²) in [6.07, 6.45) is 4.33. The third kappa shape index (κ3) is 4.97. The summed E-state index contributed by atoms with van der Waals surface area (Å²) in [5.41, 5.74) is 2.58. The van der Waals surface area contributed by atoms with Gasteiger partial charge < -0.3 is 9.47 Å². The number of benzene rings is 1. The summed E-state index contributed by atoms with van der Waals surface area (Å²) >= 11 is 14.4. The number of piperidine rings is 1. The summed E-state index contributed by atoms with van der Waals surface area (Å²) in [4.78, 5) is 24.7. The normalized spacial score (nSPS) is 18.1. The zero-order valence-corrected chi connectivity index (χ0v) is 22.2. The van der Waals surface area contributed by atoms with Crippen LogP contribution in [0.2, 0.25) is 10.0 Å². The van der Waals surface area contributed by atoms with Gasteiger partial charge in [-0.2, -0.15) is 0 Å². The molecule has 3 aromatic heterocycles. The number of halogens is 3. The predicted molar refractivity (Wildman–Crippen MR) is 145 cm³/mol. The van der Waals surface area contributed by atoms with E-state index in [4.69, 9.17) is 28.2 Å². The molecule has 4 heterocycles. The second kappa shape index (κ2) is 10.4. The fraction of sp³-hybridized carbons (Fsp3) is 0.296. The lowest BCUT2D eigenvalue weighted by Gasteiger charge is -2.38. The molecular formula is C27H25Cl2FN4OS. The molecule has 0 amide bonds. The maximum atomic E-state index is 13.6. The molecule has 0 radical (unpaired) electrons. The van der Waals surface area contributed by atoms with Crippen LogP contribution in [0.1, 0.15) is 35.7 Å². The molecule has 0 spiro atoms. The summed E-state index contributed by atoms with van der Waals surface area (Å²) in [6.45, 7) is 2.65. The second-order valence-corrected chi connectivity index (χ2v) is 10.9. The molecule has 2 atom stereocenters. The molecule has 186 valence electrons. The summed E-state index contributed by atoms with van der Waals surface area (Å²) in [5, 5.41) is 2.35. The lowest BCUT2D eigenvalue weighted by molar-refractivity contribution is 0.0891. The van der Waals surface area contributed by atoms with E-state index < -0.39 is 5.82 Å². The third-order valence-electron chi connectivity index (χ3n) is 6.66. The van der Waals surface area contributed by atoms with Gasteiger partial charge in [0.1, 0.15) is 22.3 Å². The van der Waals surface area contributed by atoms with Gasteiger partial charge in [0.2, 0.25) is 0 Å². The van der Waals surface area contributed by atoms with Crippen LogP contribution in [0, 0.1) is 11.7 Å². The molecule has 0 bridgehead atoms. The van der Waals surface area contributed by atoms with E-state index in [2.05, 4.69) is 17.1 Å². The van der Waals surface area contributed by atoms with E-state index in [1.807, 2.05) is 53.9 Å². The molecule has 1 aliphatic rings. The van der Waals surface area contributed by atoms with Crippen molar-refractivity contribution >= 4 is 57.6 Å². The third-order valence-corrected chi connectivity index (χ3v) is 8.40. The molecule has 5 rings (SSSR count). The Kier molecular flexibility index (Phi) is 7.24. The fourth-order valence-corrected chi connectivity index (χ4v) is 6.26. The number of ketones is 1. The number of rotatable bonds is 6. The fourth-order valence-electron chi connectivity index (χ4n) is 4.84. The number of carbonyl (C=O) groups is 1. The molecule has 1 aromatic carbocycles. The first-order valence-corrected chi connectivity index (χ1v) is 13.5. The first-order chi connectivity index (χ1) is 17.3. The lowest BCUT2D eigenvalue weighted by Crippen LogP contribution is -2.43. The number of thioether (sulfide) groups is 1. The zero-order valence-electron chi connectivity index (χ0n) is 19.9. The number of aromatic nitrogens is 3. The number of carbonyl (C=O) groups excluding carboxylic acids is 1. The molecule has 0 unspecified atom stereocenters. The lowest BCUT2D eigenvalue weighted by atomic mass is 9.85. The Labute approximate surface area is 223 Å². The van der Waals surface area contributed by atoms with Gasteiger partial charge in [0.05, 0.1) is 16.2 Å². The number of Topliss-reactive ketones (excluding diaryl/α,β-unsaturated/α-hetero) is 1. The SMILES string of the molecule is C[C@@H]1C[C@H](C(=O)c2cn(C)c3nc(SCc4ccccc4)c(Cl)cc23)CCN1c1ncc(F)cc1Cl. The van der Waals surface area contributed by atoms with E-state index in [-0.39, 0.29) is 22.8 Å². The largest absolute Gasteiger partial charge is 0.353 e. The summed E-state index contributed by atoms with van der Waals surface area (Å²) in [5.74, 6) is 0.794. The van der Waals surface area contributed by atoms with Crippen LogP contribution in [0.15, 0.2) is 59.9 Å². The van der Waals surface area contributed by atoms with Crippen LogP contribution in [-0.2, 0) is 12.8 Å². The topological polar surface area (TPSA) is 51.0 Å². The van der Waals surface area contributed by atoms with E-state index in [0.29, 0.717) is 35.8 Å². The van der Waals surface area contributed by atoms with Crippen molar-refractivity contribution in [2.24, 2.45) is 13.0 Å². The number of nitrogens with zero attached hydrogens (tertiary/aromatic N) is 4. The van der Waals surface area contributed by atoms with Crippen LogP contribution in [0.3, 0.4) is 0 Å². The van der Waals surface area contributed by atoms with E-state index in [1.165, 1.54) is 17.8 Å². The summed E-state index contributed by atoms with van der Waals surface area (Å²) in [6, 6.07) is 13.3. The van der Waals surface area contributed by atoms with Crippen LogP contribution >= 0.6 is 35.0 Å². The van der Waals surface area contributed by atoms with E-state index in [0.717, 1.165) is 21.8 Å². The monoisotopic (exact) mass is 542 g/mol. The number of aryl methyl sites for hydroxylation is 1. The Hall–Kier alpha value is -2.61. The molecular weight excluding hydrogens is 518 g/mol. The van der Waals surface area contributed by atoms with Crippen molar-refractivity contribution in [2.75, 3.05) is 11.4 Å². The number of anilines is 1. The number of pyridine rings is 2. The Balaban J connectivity index is 1.35. The Morgan fingerprint density at radius 3 is 2.69 bits per heavy atom. The smallest absolute Gasteiger partial charge is 0.168 e. The standard InChI is InChI=1S/C27H25Cl2FN4OS/c1-16-10-18(8-9-34(16)26-22(28)11-19(30)13-31-26)24(35)21-14-33(2)25-20(21)12-23(29)27(32-25)36-15-17-6-4-3-5-7-17/h3-7,11-14,16,18H,8-10,15H2,1-2H3/t16-,18-/m1/s1. The van der Waals surface area contributed by atoms with Gasteiger partial charge in [-0.15, -0.1) is 11.8 Å². The van der Waals surface area contributed by atoms with Crippen LogP contribution in [0.25, 0.3) is 11.0 Å². The van der Waals surface area contributed by atoms with Crippen molar-refractivity contribution < 1.29 is 9.18 Å². The van der Waals surface area contributed by atoms with Crippen LogP contribution in [0.5, 0.6) is 0 Å². The molecule has 36 heavy (non-hydrogen) atoms. The summed E-state index contributed by atoms with van der Waals surface area (Å²) in [7, 11) is 1.90. The van der Waals surface area contributed by atoms with Gasteiger partial charge in [-0.05, 0) is 37.5 Å². The minimum absolute atomic E-state index is 0.0286. The van der Waals surface area contributed by atoms with Crippen molar-refractivity contribution in [1.29, 1.82) is 0 Å². The van der Waals surface area contributed by atoms with Crippen LogP contribution in [0.4, 0.5) is 10.2 Å². The van der Waals surface area contributed by atoms with Gasteiger partial charge >= 0.3 is 0 Å². The van der Waals surface area contributed by atoms with Gasteiger partial charge in [-0.1, -0.05) is 53.5 Å². The molecule has 0 saturated carbocycles. The average molecular weight is 543 g/mol. The first-order valence-electron chi connectivity index (χ1n) is 11.8. The van der Waals surface area contributed by atoms with E-state index in [9.17, 15) is 9.18 Å². The van der Waals surface area contributed by atoms with Gasteiger partial charge in [0.25, 0.3) is 0 Å². The highest BCUT2D eigenvalue weighted by Crippen LogP contribution is 2.36. The molecule has 9 heteroatoms. The number of hydrogen-bond donors (Lipinski definition) is 0. The van der Waals surface area contributed by atoms with Crippen LogP contribution in [-0.4, -0.2) is 32.9 Å². The van der Waals surface area contributed by atoms with Crippen molar-refractivity contribution in [3.63, 3.8) is 0 Å². The predicted octanol–water partition coefficient (Wildman–Crippen LogP) is 7.19. The maximum absolute atomic E-state index is 13.6. The van der Waals surface area contributed by atoms with Crippen molar-refractivity contribution in [2.45, 2.75) is 36.6 Å². The second-order valence-electron chi connectivity index (χ2n) is 9.16. The maximum Gasteiger partial charge on any atom is 0.168 e. The van der Waals surface area contributed by atoms with Crippen molar-refractivity contribution in [1.82, 2.24) is 14.5 Å². The quantitative estimate of drug-likeness (QED) is 0.190. The average Bonchev–Trinajstić information content (AvgIpc) is 3.18. The molecule has 5 nitrogen and oxygen atoms in total.